The Balaban J connectivity index is 1.26. The first-order valence-corrected chi connectivity index (χ1v) is 10.3. The maximum Gasteiger partial charge on any atom is 0.246 e. The molecule has 0 atom stereocenters. The van der Waals surface area contributed by atoms with E-state index in [1.54, 1.807) is 18.8 Å². The van der Waals surface area contributed by atoms with Gasteiger partial charge in [-0.15, -0.1) is 10.2 Å². The van der Waals surface area contributed by atoms with Gasteiger partial charge in [-0.25, -0.2) is 10.2 Å². The molecular weight excluding hydrogens is 412 g/mol. The number of rotatable bonds is 11. The summed E-state index contributed by atoms with van der Waals surface area (Å²) in [5, 5.41) is 20.7. The SMILES string of the molecule is Cc1cc(CNc2nc(N(C)CCc3cocc3CNc3nc(N(C)C)n[nH]3)n[nH]2)co1. The van der Waals surface area contributed by atoms with Crippen LogP contribution in [0.1, 0.15) is 22.5 Å². The van der Waals surface area contributed by atoms with E-state index >= 15 is 0 Å². The lowest BCUT2D eigenvalue weighted by Gasteiger charge is -2.14. The average molecular weight is 441 g/mol. The van der Waals surface area contributed by atoms with Gasteiger partial charge in [-0.1, -0.05) is 0 Å². The van der Waals surface area contributed by atoms with Crippen molar-refractivity contribution in [2.75, 3.05) is 48.1 Å². The fourth-order valence-electron chi connectivity index (χ4n) is 3.10. The number of nitrogens with zero attached hydrogens (tertiary/aromatic N) is 6. The number of aromatic nitrogens is 6. The van der Waals surface area contributed by atoms with E-state index in [9.17, 15) is 0 Å². The van der Waals surface area contributed by atoms with Crippen molar-refractivity contribution >= 4 is 23.8 Å². The van der Waals surface area contributed by atoms with Crippen LogP contribution in [0.3, 0.4) is 0 Å². The average Bonchev–Trinajstić information content (AvgIpc) is 3.56. The van der Waals surface area contributed by atoms with E-state index in [2.05, 4.69) is 41.0 Å². The summed E-state index contributed by atoms with van der Waals surface area (Å²) in [7, 11) is 5.75. The molecule has 0 aliphatic heterocycles. The molecule has 0 spiro atoms. The zero-order chi connectivity index (χ0) is 22.5. The number of likely N-dealkylation sites (N-methyl/N-ethyl adjacent to an activating group) is 1. The van der Waals surface area contributed by atoms with Crippen LogP contribution in [0.5, 0.6) is 0 Å². The number of H-pyrrole nitrogens is 2. The Labute approximate surface area is 185 Å². The van der Waals surface area contributed by atoms with Gasteiger partial charge in [-0.3, -0.25) is 0 Å². The Morgan fingerprint density at radius 2 is 1.59 bits per heavy atom. The van der Waals surface area contributed by atoms with E-state index in [-0.39, 0.29) is 0 Å². The van der Waals surface area contributed by atoms with Crippen LogP contribution in [0.15, 0.2) is 33.7 Å². The molecule has 0 radical (unpaired) electrons. The fourth-order valence-corrected chi connectivity index (χ4v) is 3.10. The molecule has 4 aromatic heterocycles. The second kappa shape index (κ2) is 9.45. The van der Waals surface area contributed by atoms with Crippen molar-refractivity contribution in [1.29, 1.82) is 0 Å². The third-order valence-electron chi connectivity index (χ3n) is 4.93. The maximum atomic E-state index is 5.43. The van der Waals surface area contributed by atoms with Crippen molar-refractivity contribution < 1.29 is 8.83 Å². The molecule has 4 heterocycles. The number of aryl methyl sites for hydroxylation is 1. The highest BCUT2D eigenvalue weighted by atomic mass is 16.3. The largest absolute Gasteiger partial charge is 0.472 e. The molecule has 0 amide bonds. The van der Waals surface area contributed by atoms with E-state index in [1.165, 1.54) is 0 Å². The van der Waals surface area contributed by atoms with Gasteiger partial charge in [0.1, 0.15) is 5.76 Å². The third kappa shape index (κ3) is 5.20. The summed E-state index contributed by atoms with van der Waals surface area (Å²) in [5.41, 5.74) is 3.23. The van der Waals surface area contributed by atoms with Crippen molar-refractivity contribution in [2.24, 2.45) is 0 Å². The van der Waals surface area contributed by atoms with Gasteiger partial charge in [-0.05, 0) is 25.0 Å². The molecule has 0 saturated carbocycles. The topological polar surface area (TPSA) is 140 Å². The lowest BCUT2D eigenvalue weighted by atomic mass is 10.1. The van der Waals surface area contributed by atoms with E-state index in [0.717, 1.165) is 35.4 Å². The monoisotopic (exact) mass is 440 g/mol. The zero-order valence-electron chi connectivity index (χ0n) is 18.6. The lowest BCUT2D eigenvalue weighted by Crippen LogP contribution is -2.22. The summed E-state index contributed by atoms with van der Waals surface area (Å²) in [6, 6.07) is 1.98. The second-order valence-corrected chi connectivity index (χ2v) is 7.73. The Hall–Kier alpha value is -3.96. The number of hydrogen-bond acceptors (Lipinski definition) is 10. The standard InChI is InChI=1S/C20H28N10O2/c1-13-7-14(10-32-13)8-21-17-24-20(28-26-17)30(4)6-5-15-11-31-12-16(15)9-22-18-23-19(27-25-18)29(2)3/h7,10-12H,5-6,8-9H2,1-4H3,(H2,21,24,26,28)(H2,22,23,25,27). The van der Waals surface area contributed by atoms with Gasteiger partial charge < -0.3 is 29.3 Å². The van der Waals surface area contributed by atoms with Crippen LogP contribution in [0.25, 0.3) is 0 Å². The van der Waals surface area contributed by atoms with Gasteiger partial charge >= 0.3 is 0 Å². The molecule has 12 heteroatoms. The molecule has 0 aliphatic rings. The normalized spacial score (nSPS) is 11.0. The van der Waals surface area contributed by atoms with Crippen molar-refractivity contribution in [3.8, 4) is 0 Å². The van der Waals surface area contributed by atoms with Gasteiger partial charge in [0.05, 0.1) is 18.8 Å². The number of hydrogen-bond donors (Lipinski definition) is 4. The number of furan rings is 2. The highest BCUT2D eigenvalue weighted by molar-refractivity contribution is 5.38. The number of nitrogens with one attached hydrogen (secondary N) is 4. The minimum atomic E-state index is 0.583. The molecule has 0 fully saturated rings. The summed E-state index contributed by atoms with van der Waals surface area (Å²) in [6.45, 7) is 3.85. The van der Waals surface area contributed by atoms with Gasteiger partial charge in [-0.2, -0.15) is 9.97 Å². The van der Waals surface area contributed by atoms with Crippen molar-refractivity contribution in [2.45, 2.75) is 26.4 Å². The molecule has 0 aliphatic carbocycles. The fraction of sp³-hybridized carbons (Fsp3) is 0.400. The first-order valence-electron chi connectivity index (χ1n) is 10.3. The van der Waals surface area contributed by atoms with Gasteiger partial charge in [0, 0.05) is 51.9 Å². The van der Waals surface area contributed by atoms with Crippen LogP contribution in [0.4, 0.5) is 23.8 Å². The summed E-state index contributed by atoms with van der Waals surface area (Å²) in [6.07, 6.45) is 6.04. The maximum absolute atomic E-state index is 5.43. The van der Waals surface area contributed by atoms with E-state index in [0.29, 0.717) is 36.9 Å². The van der Waals surface area contributed by atoms with Crippen LogP contribution in [-0.2, 0) is 19.5 Å². The molecule has 12 nitrogen and oxygen atoms in total. The Kier molecular flexibility index (Phi) is 6.29. The number of anilines is 4. The minimum absolute atomic E-state index is 0.583. The van der Waals surface area contributed by atoms with Crippen LogP contribution in [0.2, 0.25) is 0 Å². The third-order valence-corrected chi connectivity index (χ3v) is 4.93. The molecule has 0 saturated heterocycles. The zero-order valence-corrected chi connectivity index (χ0v) is 18.6. The Morgan fingerprint density at radius 3 is 2.28 bits per heavy atom. The summed E-state index contributed by atoms with van der Waals surface area (Å²) in [5.74, 6) is 3.36. The molecule has 32 heavy (non-hydrogen) atoms. The molecule has 0 bridgehead atoms. The summed E-state index contributed by atoms with van der Waals surface area (Å²) < 4.78 is 10.7. The molecule has 0 aromatic carbocycles. The molecule has 0 unspecified atom stereocenters. The predicted octanol–water partition coefficient (Wildman–Crippen LogP) is 2.39. The molecule has 4 rings (SSSR count). The molecule has 4 N–H and O–H groups in total. The van der Waals surface area contributed by atoms with E-state index < -0.39 is 0 Å². The van der Waals surface area contributed by atoms with E-state index in [4.69, 9.17) is 8.83 Å². The number of aromatic amines is 2. The van der Waals surface area contributed by atoms with Gasteiger partial charge in [0.25, 0.3) is 0 Å². The molecule has 4 aromatic rings. The predicted molar refractivity (Wildman–Crippen MR) is 121 cm³/mol. The highest BCUT2D eigenvalue weighted by Crippen LogP contribution is 2.16. The van der Waals surface area contributed by atoms with Crippen LogP contribution in [0, 0.1) is 6.92 Å². The van der Waals surface area contributed by atoms with Crippen LogP contribution >= 0.6 is 0 Å². The van der Waals surface area contributed by atoms with Crippen LogP contribution in [-0.4, -0.2) is 58.1 Å². The van der Waals surface area contributed by atoms with E-state index in [1.807, 2.05) is 43.9 Å². The van der Waals surface area contributed by atoms with Gasteiger partial charge in [0.15, 0.2) is 0 Å². The van der Waals surface area contributed by atoms with Gasteiger partial charge in [0.2, 0.25) is 23.8 Å². The Bertz CT molecular complexity index is 1130. The molecule has 170 valence electrons. The summed E-state index contributed by atoms with van der Waals surface area (Å²) in [4.78, 5) is 12.7. The van der Waals surface area contributed by atoms with Crippen LogP contribution < -0.4 is 20.4 Å². The second-order valence-electron chi connectivity index (χ2n) is 7.73. The highest BCUT2D eigenvalue weighted by Gasteiger charge is 2.12. The minimum Gasteiger partial charge on any atom is -0.472 e. The lowest BCUT2D eigenvalue weighted by molar-refractivity contribution is 0.532. The smallest absolute Gasteiger partial charge is 0.246 e. The first kappa shape index (κ1) is 21.3. The van der Waals surface area contributed by atoms with Crippen molar-refractivity contribution in [1.82, 2.24) is 30.4 Å². The summed E-state index contributed by atoms with van der Waals surface area (Å²) >= 11 is 0. The quantitative estimate of drug-likeness (QED) is 0.275. The molecular formula is C20H28N10O2. The Morgan fingerprint density at radius 1 is 0.906 bits per heavy atom. The van der Waals surface area contributed by atoms with Crippen molar-refractivity contribution in [3.63, 3.8) is 0 Å². The first-order chi connectivity index (χ1) is 15.5. The van der Waals surface area contributed by atoms with Crippen molar-refractivity contribution in [3.05, 3.63) is 47.3 Å².